The number of carbonyl (C=O) groups is 1. The number of esters is 1. The minimum atomic E-state index is -1.56. The molecule has 11 nitrogen and oxygen atoms in total. The maximum atomic E-state index is 12.3. The quantitative estimate of drug-likeness (QED) is 0.172. The highest BCUT2D eigenvalue weighted by Gasteiger charge is 2.73. The van der Waals surface area contributed by atoms with Gasteiger partial charge in [0.1, 0.15) is 24.9 Å². The first-order valence-electron chi connectivity index (χ1n) is 14.3. The summed E-state index contributed by atoms with van der Waals surface area (Å²) in [5.41, 5.74) is -4.53. The number of fused-ring (bicyclic) bond motifs is 5. The molecule has 6 rings (SSSR count). The van der Waals surface area contributed by atoms with Crippen molar-refractivity contribution in [3.8, 4) is 0 Å². The summed E-state index contributed by atoms with van der Waals surface area (Å²) >= 11 is 0. The van der Waals surface area contributed by atoms with Crippen LogP contribution in [0.2, 0.25) is 0 Å². The fraction of sp³-hybridized carbons (Fsp3) is 0.893. The number of hydrogen-bond acceptors (Lipinski definition) is 11. The van der Waals surface area contributed by atoms with Crippen molar-refractivity contribution in [1.29, 1.82) is 0 Å². The first kappa shape index (κ1) is 28.0. The lowest BCUT2D eigenvalue weighted by Gasteiger charge is -2.66. The molecule has 0 aromatic rings. The second kappa shape index (κ2) is 9.17. The van der Waals surface area contributed by atoms with Crippen LogP contribution in [0.3, 0.4) is 0 Å². The molecule has 1 saturated heterocycles. The summed E-state index contributed by atoms with van der Waals surface area (Å²) in [5, 5.41) is 78.4. The molecule has 0 aromatic heterocycles. The summed E-state index contributed by atoms with van der Waals surface area (Å²) in [7, 11) is 0. The Hall–Kier alpha value is -1.15. The summed E-state index contributed by atoms with van der Waals surface area (Å²) in [6.45, 7) is 3.61. The molecular weight excluding hydrogens is 512 g/mol. The number of cyclic esters (lactones) is 1. The third-order valence-electron chi connectivity index (χ3n) is 11.7. The van der Waals surface area contributed by atoms with Crippen LogP contribution >= 0.6 is 0 Å². The molecule has 11 heteroatoms. The number of aliphatic hydroxyl groups excluding tert-OH is 4. The maximum Gasteiger partial charge on any atom is 0.331 e. The molecule has 0 spiro atoms. The highest BCUT2D eigenvalue weighted by atomic mass is 16.7. The van der Waals surface area contributed by atoms with E-state index < -0.39 is 77.0 Å². The van der Waals surface area contributed by atoms with Crippen molar-refractivity contribution in [2.45, 2.75) is 125 Å². The van der Waals surface area contributed by atoms with Gasteiger partial charge in [-0.05, 0) is 75.2 Å². The molecule has 0 radical (unpaired) electrons. The Morgan fingerprint density at radius 2 is 1.64 bits per heavy atom. The predicted octanol–water partition coefficient (Wildman–Crippen LogP) is -0.733. The summed E-state index contributed by atoms with van der Waals surface area (Å²) in [6.07, 6.45) is -3.72. The van der Waals surface area contributed by atoms with Gasteiger partial charge in [0.15, 0.2) is 6.29 Å². The molecule has 0 aromatic carbocycles. The topological polar surface area (TPSA) is 186 Å². The van der Waals surface area contributed by atoms with E-state index in [4.69, 9.17) is 14.2 Å². The highest BCUT2D eigenvalue weighted by Crippen LogP contribution is 2.68. The number of rotatable bonds is 3. The monoisotopic (exact) mass is 554 g/mol. The van der Waals surface area contributed by atoms with Crippen molar-refractivity contribution >= 4 is 5.97 Å². The molecular formula is C28H42O11. The van der Waals surface area contributed by atoms with Crippen molar-refractivity contribution < 1.29 is 54.8 Å². The lowest BCUT2D eigenvalue weighted by atomic mass is 9.44. The molecule has 4 saturated carbocycles. The van der Waals surface area contributed by atoms with Gasteiger partial charge < -0.3 is 50.0 Å². The van der Waals surface area contributed by atoms with E-state index in [1.807, 2.05) is 6.92 Å². The van der Waals surface area contributed by atoms with Gasteiger partial charge in [0.2, 0.25) is 0 Å². The van der Waals surface area contributed by atoms with Gasteiger partial charge in [0.05, 0.1) is 35.1 Å². The molecule has 0 amide bonds. The standard InChI is InChI=1S/C28H42O11/c1-13-21(31)22(32)23(33)24(38-13)39-15-3-7-28(36)18-10-19(29)25(2)16(14-9-20(30)37-12-14)5-8-27(25,35)17(18)4-6-26(28,34)11-15/h9,13,15-19,21-24,29,31-36H,3-8,10-12H2,1-2H3/t13-,15-,16+,17+,18-,19+,21-,22+,23+,24-,25-,26-,27-,28-/m0/s1. The van der Waals surface area contributed by atoms with Crippen LogP contribution in [-0.4, -0.2) is 108 Å². The maximum absolute atomic E-state index is 12.3. The molecule has 2 heterocycles. The second-order valence-electron chi connectivity index (χ2n) is 13.3. The summed E-state index contributed by atoms with van der Waals surface area (Å²) in [4.78, 5) is 11.8. The largest absolute Gasteiger partial charge is 0.458 e. The second-order valence-corrected chi connectivity index (χ2v) is 13.3. The van der Waals surface area contributed by atoms with Crippen LogP contribution < -0.4 is 0 Å². The normalized spacial score (nSPS) is 57.3. The van der Waals surface area contributed by atoms with Gasteiger partial charge in [-0.2, -0.15) is 0 Å². The minimum absolute atomic E-state index is 0.0626. The summed E-state index contributed by atoms with van der Waals surface area (Å²) in [5.74, 6) is -1.52. The van der Waals surface area contributed by atoms with Crippen LogP contribution in [0.15, 0.2) is 11.6 Å². The number of aliphatic hydroxyl groups is 7. The fourth-order valence-electron chi connectivity index (χ4n) is 9.40. The van der Waals surface area contributed by atoms with E-state index in [9.17, 15) is 40.5 Å². The van der Waals surface area contributed by atoms with Crippen LogP contribution in [0.4, 0.5) is 0 Å². The Morgan fingerprint density at radius 1 is 0.923 bits per heavy atom. The van der Waals surface area contributed by atoms with E-state index in [2.05, 4.69) is 0 Å². The molecule has 7 N–H and O–H groups in total. The first-order valence-corrected chi connectivity index (χ1v) is 14.3. The molecule has 39 heavy (non-hydrogen) atoms. The van der Waals surface area contributed by atoms with Gasteiger partial charge in [-0.15, -0.1) is 0 Å². The summed E-state index contributed by atoms with van der Waals surface area (Å²) in [6, 6.07) is 0. The zero-order valence-electron chi connectivity index (χ0n) is 22.5. The van der Waals surface area contributed by atoms with Crippen molar-refractivity contribution in [1.82, 2.24) is 0 Å². The molecule has 2 aliphatic heterocycles. The van der Waals surface area contributed by atoms with E-state index in [1.165, 1.54) is 6.08 Å². The van der Waals surface area contributed by atoms with E-state index in [1.54, 1.807) is 6.92 Å². The molecule has 14 atom stereocenters. The number of carbonyl (C=O) groups excluding carboxylic acids is 1. The minimum Gasteiger partial charge on any atom is -0.458 e. The smallest absolute Gasteiger partial charge is 0.331 e. The zero-order valence-corrected chi connectivity index (χ0v) is 22.5. The third kappa shape index (κ3) is 3.78. The van der Waals surface area contributed by atoms with Gasteiger partial charge >= 0.3 is 5.97 Å². The molecule has 6 aliphatic rings. The van der Waals surface area contributed by atoms with Crippen molar-refractivity contribution in [3.63, 3.8) is 0 Å². The number of hydrogen-bond donors (Lipinski definition) is 7. The molecule has 0 bridgehead atoms. The highest BCUT2D eigenvalue weighted by molar-refractivity contribution is 5.85. The van der Waals surface area contributed by atoms with Gasteiger partial charge in [0, 0.05) is 17.9 Å². The Kier molecular flexibility index (Phi) is 6.58. The summed E-state index contributed by atoms with van der Waals surface area (Å²) < 4.78 is 16.7. The van der Waals surface area contributed by atoms with E-state index in [-0.39, 0.29) is 44.1 Å². The first-order chi connectivity index (χ1) is 18.2. The molecule has 220 valence electrons. The van der Waals surface area contributed by atoms with E-state index in [0.717, 1.165) is 5.57 Å². The molecule has 5 fully saturated rings. The van der Waals surface area contributed by atoms with E-state index >= 15 is 0 Å². The van der Waals surface area contributed by atoms with Gasteiger partial charge in [0.25, 0.3) is 0 Å². The van der Waals surface area contributed by atoms with Crippen LogP contribution in [0.5, 0.6) is 0 Å². The average molecular weight is 555 g/mol. The SMILES string of the molecule is C[C@@H]1O[C@@H](O[C@H]2CC[C@]3(O)[C@H]4C[C@@H](O)[C@]5(C)[C@@H](C6=CC(=O)OC6)CC[C@]5(O)[C@@H]4CC[C@]3(O)C2)[C@H](O)[C@H](O)[C@H]1O. The predicted molar refractivity (Wildman–Crippen MR) is 133 cm³/mol. The zero-order chi connectivity index (χ0) is 28.1. The van der Waals surface area contributed by atoms with Crippen LogP contribution in [-0.2, 0) is 19.0 Å². The van der Waals surface area contributed by atoms with Crippen molar-refractivity contribution in [3.05, 3.63) is 11.6 Å². The van der Waals surface area contributed by atoms with Gasteiger partial charge in [-0.1, -0.05) is 6.92 Å². The Bertz CT molecular complexity index is 1030. The Morgan fingerprint density at radius 3 is 2.33 bits per heavy atom. The number of ether oxygens (including phenoxy) is 3. The van der Waals surface area contributed by atoms with Crippen LogP contribution in [0, 0.1) is 23.2 Å². The van der Waals surface area contributed by atoms with Crippen molar-refractivity contribution in [2.24, 2.45) is 23.2 Å². The average Bonchev–Trinajstić information content (AvgIpc) is 3.43. The molecule has 0 unspecified atom stereocenters. The Labute approximate surface area is 227 Å². The lowest BCUT2D eigenvalue weighted by Crippen LogP contribution is -2.74. The van der Waals surface area contributed by atoms with Crippen LogP contribution in [0.25, 0.3) is 0 Å². The van der Waals surface area contributed by atoms with Gasteiger partial charge in [-0.25, -0.2) is 4.79 Å². The van der Waals surface area contributed by atoms with Crippen molar-refractivity contribution in [2.75, 3.05) is 6.61 Å². The fourth-order valence-corrected chi connectivity index (χ4v) is 9.40. The van der Waals surface area contributed by atoms with E-state index in [0.29, 0.717) is 25.7 Å². The Balaban J connectivity index is 1.22. The van der Waals surface area contributed by atoms with Gasteiger partial charge in [-0.3, -0.25) is 0 Å². The third-order valence-corrected chi connectivity index (χ3v) is 11.7. The molecule has 4 aliphatic carbocycles. The lowest BCUT2D eigenvalue weighted by molar-refractivity contribution is -0.331. The van der Waals surface area contributed by atoms with Crippen LogP contribution in [0.1, 0.15) is 65.2 Å².